The summed E-state index contributed by atoms with van der Waals surface area (Å²) in [4.78, 5) is 1.01. The largest absolute Gasteiger partial charge is 0.493 e. The van der Waals surface area contributed by atoms with E-state index in [0.29, 0.717) is 6.61 Å². The number of aryl methyl sites for hydroxylation is 1. The highest BCUT2D eigenvalue weighted by molar-refractivity contribution is 7.80. The Hall–Kier alpha value is -0.670. The molecule has 0 unspecified atom stereocenters. The number of thiol groups is 1. The van der Waals surface area contributed by atoms with Crippen molar-refractivity contribution in [2.45, 2.75) is 18.7 Å². The second-order valence-electron chi connectivity index (χ2n) is 3.14. The average molecular weight is 224 g/mol. The molecule has 1 nitrogen and oxygen atoms in total. The molecule has 14 heavy (non-hydrogen) atoms. The predicted octanol–water partition coefficient (Wildman–Crippen LogP) is 3.90. The zero-order chi connectivity index (χ0) is 10.1. The van der Waals surface area contributed by atoms with Gasteiger partial charge in [-0.05, 0) is 25.5 Å². The summed E-state index contributed by atoms with van der Waals surface area (Å²) in [5.41, 5.74) is 1.17. The molecule has 0 aliphatic heterocycles. The number of hydrogen-bond acceptors (Lipinski definition) is 3. The number of thiophene rings is 1. The maximum absolute atomic E-state index is 5.65. The van der Waals surface area contributed by atoms with E-state index in [4.69, 9.17) is 4.74 Å². The van der Waals surface area contributed by atoms with Crippen molar-refractivity contribution in [2.75, 3.05) is 6.61 Å². The monoisotopic (exact) mass is 224 g/mol. The van der Waals surface area contributed by atoms with Gasteiger partial charge in [0.1, 0.15) is 5.75 Å². The number of ether oxygens (including phenoxy) is 1. The van der Waals surface area contributed by atoms with Gasteiger partial charge >= 0.3 is 0 Å². The van der Waals surface area contributed by atoms with Crippen LogP contribution in [0.5, 0.6) is 5.75 Å². The topological polar surface area (TPSA) is 9.23 Å². The SMILES string of the molecule is CCOc1c(C)ccc2scc(S)c12. The van der Waals surface area contributed by atoms with Gasteiger partial charge in [0.15, 0.2) is 0 Å². The summed E-state index contributed by atoms with van der Waals surface area (Å²) < 4.78 is 6.89. The summed E-state index contributed by atoms with van der Waals surface area (Å²) in [5, 5.41) is 3.20. The van der Waals surface area contributed by atoms with E-state index >= 15 is 0 Å². The molecular formula is C11H12OS2. The second-order valence-corrected chi connectivity index (χ2v) is 4.53. The van der Waals surface area contributed by atoms with Crippen molar-refractivity contribution >= 4 is 34.1 Å². The zero-order valence-electron chi connectivity index (χ0n) is 8.20. The first kappa shape index (κ1) is 9.87. The Morgan fingerprint density at radius 1 is 1.43 bits per heavy atom. The molecular weight excluding hydrogens is 212 g/mol. The first-order chi connectivity index (χ1) is 6.74. The summed E-state index contributed by atoms with van der Waals surface area (Å²) in [5.74, 6) is 0.983. The predicted molar refractivity (Wildman–Crippen MR) is 65.0 cm³/mol. The van der Waals surface area contributed by atoms with Gasteiger partial charge in [-0.3, -0.25) is 0 Å². The van der Waals surface area contributed by atoms with Gasteiger partial charge in [-0.25, -0.2) is 0 Å². The van der Waals surface area contributed by atoms with E-state index in [1.807, 2.05) is 6.92 Å². The Morgan fingerprint density at radius 2 is 2.21 bits per heavy atom. The molecule has 0 aliphatic rings. The van der Waals surface area contributed by atoms with Crippen LogP contribution in [0.15, 0.2) is 22.4 Å². The Labute approximate surface area is 93.1 Å². The summed E-state index contributed by atoms with van der Waals surface area (Å²) in [6.45, 7) is 4.77. The van der Waals surface area contributed by atoms with Gasteiger partial charge in [-0.1, -0.05) is 6.07 Å². The molecule has 0 fully saturated rings. The van der Waals surface area contributed by atoms with Crippen molar-refractivity contribution in [3.05, 3.63) is 23.1 Å². The van der Waals surface area contributed by atoms with E-state index in [9.17, 15) is 0 Å². The highest BCUT2D eigenvalue weighted by Gasteiger charge is 2.09. The van der Waals surface area contributed by atoms with E-state index in [-0.39, 0.29) is 0 Å². The van der Waals surface area contributed by atoms with Crippen molar-refractivity contribution in [2.24, 2.45) is 0 Å². The molecule has 3 heteroatoms. The lowest BCUT2D eigenvalue weighted by Crippen LogP contribution is -1.94. The van der Waals surface area contributed by atoms with Crippen molar-refractivity contribution in [1.29, 1.82) is 0 Å². The maximum Gasteiger partial charge on any atom is 0.131 e. The molecule has 0 N–H and O–H groups in total. The van der Waals surface area contributed by atoms with Crippen LogP contribution in [0.1, 0.15) is 12.5 Å². The van der Waals surface area contributed by atoms with Crippen molar-refractivity contribution in [3.8, 4) is 5.75 Å². The molecule has 0 amide bonds. The normalized spacial score (nSPS) is 10.8. The lowest BCUT2D eigenvalue weighted by Gasteiger charge is -2.08. The Balaban J connectivity index is 2.73. The van der Waals surface area contributed by atoms with Crippen molar-refractivity contribution in [1.82, 2.24) is 0 Å². The first-order valence-corrected chi connectivity index (χ1v) is 5.89. The molecule has 74 valence electrons. The smallest absolute Gasteiger partial charge is 0.131 e. The van der Waals surface area contributed by atoms with Crippen LogP contribution in [0.4, 0.5) is 0 Å². The molecule has 0 atom stereocenters. The summed E-state index contributed by atoms with van der Waals surface area (Å²) in [6, 6.07) is 4.22. The van der Waals surface area contributed by atoms with Crippen LogP contribution < -0.4 is 4.74 Å². The molecule has 1 aromatic carbocycles. The van der Waals surface area contributed by atoms with Crippen LogP contribution in [0.3, 0.4) is 0 Å². The Morgan fingerprint density at radius 3 is 2.93 bits per heavy atom. The molecule has 0 aliphatic carbocycles. The third-order valence-electron chi connectivity index (χ3n) is 2.16. The van der Waals surface area contributed by atoms with Gasteiger partial charge in [0.05, 0.1) is 6.61 Å². The van der Waals surface area contributed by atoms with Gasteiger partial charge in [0, 0.05) is 20.4 Å². The van der Waals surface area contributed by atoms with Crippen LogP contribution >= 0.6 is 24.0 Å². The van der Waals surface area contributed by atoms with Gasteiger partial charge in [0.2, 0.25) is 0 Å². The van der Waals surface area contributed by atoms with Gasteiger partial charge in [0.25, 0.3) is 0 Å². The minimum absolute atomic E-state index is 0.697. The fourth-order valence-corrected chi connectivity index (χ4v) is 2.80. The summed E-state index contributed by atoms with van der Waals surface area (Å²) in [7, 11) is 0. The van der Waals surface area contributed by atoms with E-state index < -0.39 is 0 Å². The van der Waals surface area contributed by atoms with Crippen LogP contribution in [-0.4, -0.2) is 6.61 Å². The highest BCUT2D eigenvalue weighted by Crippen LogP contribution is 2.37. The first-order valence-electron chi connectivity index (χ1n) is 4.56. The third kappa shape index (κ3) is 1.51. The Bertz CT molecular complexity index is 460. The van der Waals surface area contributed by atoms with E-state index in [1.54, 1.807) is 11.3 Å². The maximum atomic E-state index is 5.65. The highest BCUT2D eigenvalue weighted by atomic mass is 32.1. The molecule has 0 radical (unpaired) electrons. The molecule has 0 saturated carbocycles. The van der Waals surface area contributed by atoms with E-state index in [1.165, 1.54) is 10.3 Å². The van der Waals surface area contributed by atoms with Crippen molar-refractivity contribution < 1.29 is 4.74 Å². The minimum atomic E-state index is 0.697. The third-order valence-corrected chi connectivity index (χ3v) is 3.63. The lowest BCUT2D eigenvalue weighted by molar-refractivity contribution is 0.342. The second kappa shape index (κ2) is 3.83. The fourth-order valence-electron chi connectivity index (χ4n) is 1.52. The molecule has 2 aromatic rings. The summed E-state index contributed by atoms with van der Waals surface area (Å²) >= 11 is 6.15. The average Bonchev–Trinajstić information content (AvgIpc) is 2.53. The molecule has 0 saturated heterocycles. The van der Waals surface area contributed by atoms with Crippen LogP contribution in [0.2, 0.25) is 0 Å². The minimum Gasteiger partial charge on any atom is -0.493 e. The van der Waals surface area contributed by atoms with Gasteiger partial charge in [-0.15, -0.1) is 24.0 Å². The van der Waals surface area contributed by atoms with E-state index in [0.717, 1.165) is 16.0 Å². The van der Waals surface area contributed by atoms with Crippen molar-refractivity contribution in [3.63, 3.8) is 0 Å². The van der Waals surface area contributed by atoms with Gasteiger partial charge in [-0.2, -0.15) is 0 Å². The number of fused-ring (bicyclic) bond motifs is 1. The fraction of sp³-hybridized carbons (Fsp3) is 0.273. The standard InChI is InChI=1S/C11H12OS2/c1-3-12-11-7(2)4-5-9-10(11)8(13)6-14-9/h4-6,13H,3H2,1-2H3. The zero-order valence-corrected chi connectivity index (χ0v) is 9.91. The van der Waals surface area contributed by atoms with E-state index in [2.05, 4.69) is 37.1 Å². The van der Waals surface area contributed by atoms with Crippen LogP contribution in [-0.2, 0) is 0 Å². The molecule has 0 bridgehead atoms. The Kier molecular flexibility index (Phi) is 2.70. The van der Waals surface area contributed by atoms with Gasteiger partial charge < -0.3 is 4.74 Å². The molecule has 1 heterocycles. The molecule has 2 rings (SSSR count). The summed E-state index contributed by atoms with van der Waals surface area (Å²) in [6.07, 6.45) is 0. The number of rotatable bonds is 2. The van der Waals surface area contributed by atoms with Crippen LogP contribution in [0.25, 0.3) is 10.1 Å². The molecule has 1 aromatic heterocycles. The molecule has 0 spiro atoms. The number of hydrogen-bond donors (Lipinski definition) is 1. The quantitative estimate of drug-likeness (QED) is 0.761. The lowest BCUT2D eigenvalue weighted by atomic mass is 10.1. The number of benzene rings is 1. The van der Waals surface area contributed by atoms with Crippen LogP contribution in [0, 0.1) is 6.92 Å².